The summed E-state index contributed by atoms with van der Waals surface area (Å²) in [4.78, 5) is 0.759. The molecule has 2 heteroatoms. The Kier molecular flexibility index (Phi) is 2.72. The zero-order valence-corrected chi connectivity index (χ0v) is 10.2. The number of piperidine rings is 1. The zero-order valence-electron chi connectivity index (χ0n) is 8.65. The van der Waals surface area contributed by atoms with Gasteiger partial charge in [-0.25, -0.2) is 0 Å². The third-order valence-corrected chi connectivity index (χ3v) is 4.80. The van der Waals surface area contributed by atoms with Crippen LogP contribution in [0.5, 0.6) is 0 Å². The summed E-state index contributed by atoms with van der Waals surface area (Å²) in [6, 6.07) is 0.780. The molecule has 76 valence electrons. The summed E-state index contributed by atoms with van der Waals surface area (Å²) in [5.74, 6) is 0.912. The molecule has 1 heterocycles. The number of halogens is 1. The van der Waals surface area contributed by atoms with Crippen LogP contribution in [0.2, 0.25) is 0 Å². The van der Waals surface area contributed by atoms with Crippen LogP contribution in [0.25, 0.3) is 0 Å². The summed E-state index contributed by atoms with van der Waals surface area (Å²) in [5, 5.41) is 3.68. The second-order valence-corrected chi connectivity index (χ2v) is 6.61. The molecule has 1 saturated heterocycles. The molecular formula is C11H20BrN. The average Bonchev–Trinajstić information content (AvgIpc) is 2.02. The van der Waals surface area contributed by atoms with Gasteiger partial charge in [0.25, 0.3) is 0 Å². The number of rotatable bonds is 0. The van der Waals surface area contributed by atoms with Crippen molar-refractivity contribution in [1.82, 2.24) is 5.32 Å². The minimum atomic E-state index is 0.572. The van der Waals surface area contributed by atoms with Crippen molar-refractivity contribution in [3.63, 3.8) is 0 Å². The first-order valence-corrected chi connectivity index (χ1v) is 6.38. The van der Waals surface area contributed by atoms with Gasteiger partial charge in [0.05, 0.1) is 0 Å². The molecule has 0 aromatic carbocycles. The molecule has 0 aromatic heterocycles. The molecule has 1 aliphatic carbocycles. The first kappa shape index (κ1) is 9.97. The highest BCUT2D eigenvalue weighted by molar-refractivity contribution is 9.09. The first-order valence-electron chi connectivity index (χ1n) is 5.47. The second kappa shape index (κ2) is 3.54. The molecule has 0 bridgehead atoms. The molecule has 13 heavy (non-hydrogen) atoms. The largest absolute Gasteiger partial charge is 0.314 e. The van der Waals surface area contributed by atoms with Crippen LogP contribution in [0, 0.1) is 11.3 Å². The minimum absolute atomic E-state index is 0.572. The van der Waals surface area contributed by atoms with E-state index < -0.39 is 0 Å². The Hall–Kier alpha value is 0.440. The maximum absolute atomic E-state index is 3.75. The predicted octanol–water partition coefficient (Wildman–Crippen LogP) is 2.94. The van der Waals surface area contributed by atoms with Gasteiger partial charge in [-0.05, 0) is 43.6 Å². The minimum Gasteiger partial charge on any atom is -0.314 e. The summed E-state index contributed by atoms with van der Waals surface area (Å²) in [6.07, 6.45) is 5.45. The monoisotopic (exact) mass is 245 g/mol. The molecule has 0 radical (unpaired) electrons. The van der Waals surface area contributed by atoms with Gasteiger partial charge in [0, 0.05) is 10.9 Å². The lowest BCUT2D eigenvalue weighted by molar-refractivity contribution is 0.0731. The maximum atomic E-state index is 3.75. The molecule has 1 aliphatic heterocycles. The summed E-state index contributed by atoms with van der Waals surface area (Å²) < 4.78 is 0. The van der Waals surface area contributed by atoms with Crippen molar-refractivity contribution in [2.45, 2.75) is 50.4 Å². The Morgan fingerprint density at radius 3 is 2.85 bits per heavy atom. The van der Waals surface area contributed by atoms with E-state index in [1.54, 1.807) is 0 Å². The smallest absolute Gasteiger partial charge is 0.0160 e. The molecule has 2 rings (SSSR count). The van der Waals surface area contributed by atoms with Gasteiger partial charge in [0.1, 0.15) is 0 Å². The van der Waals surface area contributed by atoms with E-state index in [4.69, 9.17) is 0 Å². The third kappa shape index (κ3) is 1.94. The van der Waals surface area contributed by atoms with Gasteiger partial charge in [-0.15, -0.1) is 0 Å². The fourth-order valence-corrected chi connectivity index (χ4v) is 3.71. The summed E-state index contributed by atoms with van der Waals surface area (Å²) in [7, 11) is 0. The van der Waals surface area contributed by atoms with Crippen LogP contribution in [0.3, 0.4) is 0 Å². The van der Waals surface area contributed by atoms with E-state index in [1.165, 1.54) is 32.2 Å². The highest BCUT2D eigenvalue weighted by Gasteiger charge is 2.41. The van der Waals surface area contributed by atoms with E-state index in [0.717, 1.165) is 16.8 Å². The maximum Gasteiger partial charge on any atom is 0.0160 e. The van der Waals surface area contributed by atoms with E-state index >= 15 is 0 Å². The van der Waals surface area contributed by atoms with Crippen LogP contribution in [0.1, 0.15) is 39.5 Å². The summed E-state index contributed by atoms with van der Waals surface area (Å²) in [5.41, 5.74) is 0.572. The summed E-state index contributed by atoms with van der Waals surface area (Å²) in [6.45, 7) is 6.11. The van der Waals surface area contributed by atoms with Gasteiger partial charge >= 0.3 is 0 Å². The molecule has 1 N–H and O–H groups in total. The van der Waals surface area contributed by atoms with Gasteiger partial charge in [-0.1, -0.05) is 29.8 Å². The molecule has 0 aromatic rings. The van der Waals surface area contributed by atoms with Crippen molar-refractivity contribution in [2.75, 3.05) is 6.54 Å². The number of hydrogen-bond donors (Lipinski definition) is 1. The first-order chi connectivity index (χ1) is 6.09. The summed E-state index contributed by atoms with van der Waals surface area (Å²) >= 11 is 3.75. The normalized spacial score (nSPS) is 44.1. The van der Waals surface area contributed by atoms with Gasteiger partial charge in [-0.3, -0.25) is 0 Å². The molecule has 3 unspecified atom stereocenters. The second-order valence-electron chi connectivity index (χ2n) is 5.32. The van der Waals surface area contributed by atoms with E-state index in [1.807, 2.05) is 0 Å². The molecular weight excluding hydrogens is 226 g/mol. The van der Waals surface area contributed by atoms with Crippen LogP contribution < -0.4 is 5.32 Å². The van der Waals surface area contributed by atoms with Crippen LogP contribution >= 0.6 is 15.9 Å². The van der Waals surface area contributed by atoms with Gasteiger partial charge in [0.15, 0.2) is 0 Å². The molecule has 3 atom stereocenters. The van der Waals surface area contributed by atoms with Crippen molar-refractivity contribution in [2.24, 2.45) is 11.3 Å². The lowest BCUT2D eigenvalue weighted by atomic mass is 9.65. The fourth-order valence-electron chi connectivity index (χ4n) is 3.05. The highest BCUT2D eigenvalue weighted by Crippen LogP contribution is 2.44. The van der Waals surface area contributed by atoms with Crippen molar-refractivity contribution < 1.29 is 0 Å². The van der Waals surface area contributed by atoms with Crippen LogP contribution in [0.15, 0.2) is 0 Å². The SMILES string of the molecule is CC1(C)CCNC2CC(Br)CCC21. The van der Waals surface area contributed by atoms with Gasteiger partial charge < -0.3 is 5.32 Å². The zero-order chi connectivity index (χ0) is 9.47. The van der Waals surface area contributed by atoms with Crippen LogP contribution in [-0.2, 0) is 0 Å². The molecule has 0 spiro atoms. The Morgan fingerprint density at radius 2 is 2.08 bits per heavy atom. The van der Waals surface area contributed by atoms with Gasteiger partial charge in [-0.2, -0.15) is 0 Å². The van der Waals surface area contributed by atoms with E-state index in [2.05, 4.69) is 35.1 Å². The Labute approximate surface area is 89.8 Å². The van der Waals surface area contributed by atoms with Crippen LogP contribution in [-0.4, -0.2) is 17.4 Å². The molecule has 2 aliphatic rings. The predicted molar refractivity (Wildman–Crippen MR) is 60.2 cm³/mol. The number of nitrogens with one attached hydrogen (secondary N) is 1. The highest BCUT2D eigenvalue weighted by atomic mass is 79.9. The number of hydrogen-bond acceptors (Lipinski definition) is 1. The number of alkyl halides is 1. The van der Waals surface area contributed by atoms with Crippen LogP contribution in [0.4, 0.5) is 0 Å². The topological polar surface area (TPSA) is 12.0 Å². The lowest BCUT2D eigenvalue weighted by Crippen LogP contribution is -2.52. The van der Waals surface area contributed by atoms with Crippen molar-refractivity contribution in [1.29, 1.82) is 0 Å². The van der Waals surface area contributed by atoms with Crippen molar-refractivity contribution in [3.8, 4) is 0 Å². The molecule has 0 amide bonds. The molecule has 1 nitrogen and oxygen atoms in total. The van der Waals surface area contributed by atoms with Gasteiger partial charge in [0.2, 0.25) is 0 Å². The quantitative estimate of drug-likeness (QED) is 0.648. The lowest BCUT2D eigenvalue weighted by Gasteiger charge is -2.48. The Morgan fingerprint density at radius 1 is 1.31 bits per heavy atom. The fraction of sp³-hybridized carbons (Fsp3) is 1.00. The van der Waals surface area contributed by atoms with Crippen molar-refractivity contribution in [3.05, 3.63) is 0 Å². The Balaban J connectivity index is 2.08. The molecule has 1 saturated carbocycles. The standard InChI is InChI=1S/C11H20BrN/c1-11(2)5-6-13-10-7-8(12)3-4-9(10)11/h8-10,13H,3-7H2,1-2H3. The van der Waals surface area contributed by atoms with E-state index in [9.17, 15) is 0 Å². The van der Waals surface area contributed by atoms with E-state index in [0.29, 0.717) is 5.41 Å². The number of fused-ring (bicyclic) bond motifs is 1. The third-order valence-electron chi connectivity index (χ3n) is 3.97. The van der Waals surface area contributed by atoms with Crippen molar-refractivity contribution >= 4 is 15.9 Å². The van der Waals surface area contributed by atoms with E-state index in [-0.39, 0.29) is 0 Å². The Bertz CT molecular complexity index is 191. The average molecular weight is 246 g/mol. The molecule has 2 fully saturated rings.